The third-order valence-corrected chi connectivity index (χ3v) is 3.78. The molecule has 1 aromatic carbocycles. The van der Waals surface area contributed by atoms with Crippen LogP contribution in [-0.4, -0.2) is 43.7 Å². The summed E-state index contributed by atoms with van der Waals surface area (Å²) in [5.41, 5.74) is 1.51. The Hall–Kier alpha value is -1.10. The number of benzene rings is 1. The number of hydrogen-bond acceptors (Lipinski definition) is 3. The average molecular weight is 299 g/mol. The maximum absolute atomic E-state index is 12.0. The van der Waals surface area contributed by atoms with Gasteiger partial charge in [0, 0.05) is 23.4 Å². The maximum Gasteiger partial charge on any atom is 0.238 e. The van der Waals surface area contributed by atoms with Crippen LogP contribution < -0.4 is 5.32 Å². The smallest absolute Gasteiger partial charge is 0.238 e. The average Bonchev–Trinajstić information content (AvgIpc) is 2.33. The molecule has 0 atom stereocenters. The van der Waals surface area contributed by atoms with E-state index in [-0.39, 0.29) is 11.4 Å². The first-order chi connectivity index (χ1) is 9.26. The number of methoxy groups -OCH3 is 1. The van der Waals surface area contributed by atoms with Crippen molar-refractivity contribution in [1.82, 2.24) is 4.90 Å². The molecular formula is C15H23ClN2O2. The Labute approximate surface area is 126 Å². The Morgan fingerprint density at radius 3 is 2.65 bits per heavy atom. The Bertz CT molecular complexity index is 475. The summed E-state index contributed by atoms with van der Waals surface area (Å²) in [6.07, 6.45) is 0. The van der Waals surface area contributed by atoms with Gasteiger partial charge in [-0.3, -0.25) is 9.69 Å². The fourth-order valence-electron chi connectivity index (χ4n) is 1.82. The summed E-state index contributed by atoms with van der Waals surface area (Å²) in [6, 6.07) is 5.44. The molecule has 0 fully saturated rings. The summed E-state index contributed by atoms with van der Waals surface area (Å²) in [7, 11) is 3.57. The second-order valence-electron chi connectivity index (χ2n) is 5.61. The third-order valence-electron chi connectivity index (χ3n) is 3.35. The Morgan fingerprint density at radius 1 is 1.45 bits per heavy atom. The lowest BCUT2D eigenvalue weighted by Crippen LogP contribution is -2.48. The van der Waals surface area contributed by atoms with Crippen molar-refractivity contribution in [2.75, 3.05) is 32.6 Å². The quantitative estimate of drug-likeness (QED) is 0.878. The lowest BCUT2D eigenvalue weighted by atomic mass is 10.1. The Morgan fingerprint density at radius 2 is 2.10 bits per heavy atom. The Balaban J connectivity index is 2.61. The molecular weight excluding hydrogens is 276 g/mol. The van der Waals surface area contributed by atoms with E-state index in [2.05, 4.69) is 5.32 Å². The first-order valence-electron chi connectivity index (χ1n) is 6.52. The highest BCUT2D eigenvalue weighted by atomic mass is 35.5. The zero-order chi connectivity index (χ0) is 15.3. The number of likely N-dealkylation sites (N-methyl/N-ethyl adjacent to an activating group) is 1. The maximum atomic E-state index is 12.0. The lowest BCUT2D eigenvalue weighted by Gasteiger charge is -2.34. The highest BCUT2D eigenvalue weighted by Gasteiger charge is 2.25. The fraction of sp³-hybridized carbons (Fsp3) is 0.533. The van der Waals surface area contributed by atoms with E-state index in [0.29, 0.717) is 18.2 Å². The molecule has 0 radical (unpaired) electrons. The van der Waals surface area contributed by atoms with Gasteiger partial charge in [0.1, 0.15) is 0 Å². The zero-order valence-electron chi connectivity index (χ0n) is 12.8. The summed E-state index contributed by atoms with van der Waals surface area (Å²) >= 11 is 5.96. The number of amides is 1. The van der Waals surface area contributed by atoms with Crippen molar-refractivity contribution in [3.8, 4) is 0 Å². The van der Waals surface area contributed by atoms with E-state index in [1.54, 1.807) is 19.2 Å². The van der Waals surface area contributed by atoms with E-state index in [1.165, 1.54) is 0 Å². The van der Waals surface area contributed by atoms with E-state index in [9.17, 15) is 4.79 Å². The number of carbonyl (C=O) groups is 1. The molecule has 4 nitrogen and oxygen atoms in total. The van der Waals surface area contributed by atoms with Crippen molar-refractivity contribution in [2.45, 2.75) is 26.3 Å². The molecule has 5 heteroatoms. The van der Waals surface area contributed by atoms with Crippen molar-refractivity contribution >= 4 is 23.2 Å². The van der Waals surface area contributed by atoms with Crippen molar-refractivity contribution in [3.63, 3.8) is 0 Å². The fourth-order valence-corrected chi connectivity index (χ4v) is 1.93. The van der Waals surface area contributed by atoms with Gasteiger partial charge in [0.2, 0.25) is 5.91 Å². The summed E-state index contributed by atoms with van der Waals surface area (Å²) in [5.74, 6) is -0.0570. The standard InChI is InChI=1S/C15H23ClN2O2/c1-11-8-12(6-7-13(11)16)17-14(19)9-18(4)15(2,3)10-20-5/h6-8H,9-10H2,1-5H3,(H,17,19). The highest BCUT2D eigenvalue weighted by molar-refractivity contribution is 6.31. The number of ether oxygens (including phenoxy) is 1. The monoisotopic (exact) mass is 298 g/mol. The minimum Gasteiger partial charge on any atom is -0.383 e. The predicted molar refractivity (Wildman–Crippen MR) is 83.4 cm³/mol. The van der Waals surface area contributed by atoms with Crippen LogP contribution in [0.15, 0.2) is 18.2 Å². The molecule has 0 aromatic heterocycles. The highest BCUT2D eigenvalue weighted by Crippen LogP contribution is 2.19. The van der Waals surface area contributed by atoms with Crippen molar-refractivity contribution in [1.29, 1.82) is 0 Å². The topological polar surface area (TPSA) is 41.6 Å². The second-order valence-corrected chi connectivity index (χ2v) is 6.02. The molecule has 1 amide bonds. The second kappa shape index (κ2) is 7.07. The normalized spacial score (nSPS) is 11.8. The van der Waals surface area contributed by atoms with Crippen LogP contribution >= 0.6 is 11.6 Å². The van der Waals surface area contributed by atoms with Gasteiger partial charge in [-0.05, 0) is 51.6 Å². The third kappa shape index (κ3) is 4.78. The molecule has 0 heterocycles. The molecule has 0 aliphatic heterocycles. The van der Waals surface area contributed by atoms with E-state index in [1.807, 2.05) is 38.8 Å². The molecule has 0 unspecified atom stereocenters. The number of hydrogen-bond donors (Lipinski definition) is 1. The first-order valence-corrected chi connectivity index (χ1v) is 6.90. The van der Waals surface area contributed by atoms with Crippen LogP contribution in [0.4, 0.5) is 5.69 Å². The molecule has 0 saturated carbocycles. The van der Waals surface area contributed by atoms with Crippen LogP contribution in [0, 0.1) is 6.92 Å². The van der Waals surface area contributed by atoms with Crippen LogP contribution in [-0.2, 0) is 9.53 Å². The van der Waals surface area contributed by atoms with E-state index < -0.39 is 0 Å². The van der Waals surface area contributed by atoms with E-state index in [0.717, 1.165) is 11.3 Å². The summed E-state index contributed by atoms with van der Waals surface area (Å²) in [4.78, 5) is 14.0. The largest absolute Gasteiger partial charge is 0.383 e. The van der Waals surface area contributed by atoms with Gasteiger partial charge in [-0.2, -0.15) is 0 Å². The number of aryl methyl sites for hydroxylation is 1. The number of carbonyl (C=O) groups excluding carboxylic acids is 1. The molecule has 0 aliphatic rings. The van der Waals surface area contributed by atoms with Gasteiger partial charge in [0.15, 0.2) is 0 Å². The van der Waals surface area contributed by atoms with Crippen LogP contribution in [0.2, 0.25) is 5.02 Å². The minimum absolute atomic E-state index is 0.0570. The van der Waals surface area contributed by atoms with Crippen LogP contribution in [0.25, 0.3) is 0 Å². The van der Waals surface area contributed by atoms with Gasteiger partial charge in [-0.25, -0.2) is 0 Å². The van der Waals surface area contributed by atoms with Gasteiger partial charge in [0.25, 0.3) is 0 Å². The first kappa shape index (κ1) is 17.0. The van der Waals surface area contributed by atoms with Gasteiger partial charge >= 0.3 is 0 Å². The van der Waals surface area contributed by atoms with Crippen LogP contribution in [0.3, 0.4) is 0 Å². The van der Waals surface area contributed by atoms with Crippen molar-refractivity contribution in [3.05, 3.63) is 28.8 Å². The Kier molecular flexibility index (Phi) is 5.99. The van der Waals surface area contributed by atoms with Gasteiger partial charge in [-0.1, -0.05) is 11.6 Å². The number of rotatable bonds is 6. The summed E-state index contributed by atoms with van der Waals surface area (Å²) < 4.78 is 5.17. The summed E-state index contributed by atoms with van der Waals surface area (Å²) in [5, 5.41) is 3.57. The molecule has 20 heavy (non-hydrogen) atoms. The lowest BCUT2D eigenvalue weighted by molar-refractivity contribution is -0.118. The summed E-state index contributed by atoms with van der Waals surface area (Å²) in [6.45, 7) is 6.85. The van der Waals surface area contributed by atoms with Crippen molar-refractivity contribution < 1.29 is 9.53 Å². The number of nitrogens with one attached hydrogen (secondary N) is 1. The number of nitrogens with zero attached hydrogens (tertiary/aromatic N) is 1. The molecule has 1 aromatic rings. The van der Waals surface area contributed by atoms with Crippen LogP contribution in [0.5, 0.6) is 0 Å². The minimum atomic E-state index is -0.192. The molecule has 0 aliphatic carbocycles. The number of anilines is 1. The zero-order valence-corrected chi connectivity index (χ0v) is 13.5. The van der Waals surface area contributed by atoms with Crippen LogP contribution in [0.1, 0.15) is 19.4 Å². The van der Waals surface area contributed by atoms with Crippen molar-refractivity contribution in [2.24, 2.45) is 0 Å². The molecule has 1 rings (SSSR count). The number of halogens is 1. The predicted octanol–water partition coefficient (Wildman–Crippen LogP) is 2.94. The molecule has 0 saturated heterocycles. The molecule has 1 N–H and O–H groups in total. The van der Waals surface area contributed by atoms with Gasteiger partial charge < -0.3 is 10.1 Å². The molecule has 0 spiro atoms. The van der Waals surface area contributed by atoms with E-state index in [4.69, 9.17) is 16.3 Å². The SMILES string of the molecule is COCC(C)(C)N(C)CC(=O)Nc1ccc(Cl)c(C)c1. The molecule has 112 valence electrons. The van der Waals surface area contributed by atoms with Gasteiger partial charge in [0.05, 0.1) is 13.2 Å². The molecule has 0 bridgehead atoms. The van der Waals surface area contributed by atoms with E-state index >= 15 is 0 Å². The van der Waals surface area contributed by atoms with Gasteiger partial charge in [-0.15, -0.1) is 0 Å².